The predicted molar refractivity (Wildman–Crippen MR) is 47.0 cm³/mol. The molecule has 0 aliphatic rings. The number of nitrogens with one attached hydrogen (secondary N) is 1. The topological polar surface area (TPSA) is 76.4 Å². The SMILES string of the molecule is NNC(N)=NCc1cccs1. The Labute approximate surface area is 68.9 Å². The summed E-state index contributed by atoms with van der Waals surface area (Å²) in [6, 6.07) is 3.97. The summed E-state index contributed by atoms with van der Waals surface area (Å²) in [5.41, 5.74) is 7.57. The van der Waals surface area contributed by atoms with Crippen molar-refractivity contribution in [3.05, 3.63) is 22.4 Å². The Kier molecular flexibility index (Phi) is 2.88. The molecule has 0 aliphatic carbocycles. The van der Waals surface area contributed by atoms with Crippen molar-refractivity contribution in [3.8, 4) is 0 Å². The summed E-state index contributed by atoms with van der Waals surface area (Å²) < 4.78 is 0. The van der Waals surface area contributed by atoms with E-state index in [1.807, 2.05) is 17.5 Å². The Balaban J connectivity index is 2.45. The molecule has 0 bridgehead atoms. The molecule has 0 saturated carbocycles. The molecule has 0 saturated heterocycles. The minimum Gasteiger partial charge on any atom is -0.369 e. The molecule has 5 heteroatoms. The summed E-state index contributed by atoms with van der Waals surface area (Å²) in [6.07, 6.45) is 0. The number of aliphatic imine (C=N–C) groups is 1. The third-order valence-electron chi connectivity index (χ3n) is 1.13. The van der Waals surface area contributed by atoms with E-state index >= 15 is 0 Å². The first-order valence-electron chi connectivity index (χ1n) is 3.12. The molecule has 1 aromatic heterocycles. The van der Waals surface area contributed by atoms with Crippen LogP contribution in [0.2, 0.25) is 0 Å². The zero-order valence-corrected chi connectivity index (χ0v) is 6.77. The average molecular weight is 170 g/mol. The van der Waals surface area contributed by atoms with Gasteiger partial charge in [-0.2, -0.15) is 0 Å². The maximum absolute atomic E-state index is 5.31. The van der Waals surface area contributed by atoms with E-state index in [2.05, 4.69) is 10.4 Å². The van der Waals surface area contributed by atoms with Gasteiger partial charge in [0.15, 0.2) is 0 Å². The molecular formula is C6H10N4S. The molecule has 1 rings (SSSR count). The molecule has 0 amide bonds. The fourth-order valence-corrected chi connectivity index (χ4v) is 1.24. The van der Waals surface area contributed by atoms with Gasteiger partial charge >= 0.3 is 0 Å². The van der Waals surface area contributed by atoms with Gasteiger partial charge in [0, 0.05) is 4.88 Å². The van der Waals surface area contributed by atoms with E-state index in [0.29, 0.717) is 6.54 Å². The fourth-order valence-electron chi connectivity index (χ4n) is 0.611. The summed E-state index contributed by atoms with van der Waals surface area (Å²) in [4.78, 5) is 5.12. The van der Waals surface area contributed by atoms with Crippen LogP contribution in [-0.4, -0.2) is 5.96 Å². The van der Waals surface area contributed by atoms with Crippen molar-refractivity contribution in [1.82, 2.24) is 5.43 Å². The first-order valence-corrected chi connectivity index (χ1v) is 4.00. The quantitative estimate of drug-likeness (QED) is 0.253. The van der Waals surface area contributed by atoms with Crippen LogP contribution in [0.1, 0.15) is 4.88 Å². The molecule has 11 heavy (non-hydrogen) atoms. The monoisotopic (exact) mass is 170 g/mol. The van der Waals surface area contributed by atoms with Gasteiger partial charge in [-0.1, -0.05) is 6.07 Å². The Morgan fingerprint density at radius 1 is 1.73 bits per heavy atom. The van der Waals surface area contributed by atoms with E-state index in [9.17, 15) is 0 Å². The molecule has 0 atom stereocenters. The van der Waals surface area contributed by atoms with Crippen molar-refractivity contribution in [2.24, 2.45) is 16.6 Å². The van der Waals surface area contributed by atoms with E-state index < -0.39 is 0 Å². The second-order valence-corrected chi connectivity index (χ2v) is 2.96. The highest BCUT2D eigenvalue weighted by Crippen LogP contribution is 2.08. The maximum Gasteiger partial charge on any atom is 0.203 e. The summed E-state index contributed by atoms with van der Waals surface area (Å²) in [5, 5.41) is 2.00. The molecule has 5 N–H and O–H groups in total. The number of hydrazine groups is 1. The van der Waals surface area contributed by atoms with Crippen LogP contribution in [-0.2, 0) is 6.54 Å². The largest absolute Gasteiger partial charge is 0.369 e. The standard InChI is InChI=1S/C6H10N4S/c7-6(10-8)9-4-5-2-1-3-11-5/h1-3H,4,8H2,(H3,7,9,10). The van der Waals surface area contributed by atoms with Gasteiger partial charge in [-0.3, -0.25) is 5.43 Å². The minimum atomic E-state index is 0.262. The Morgan fingerprint density at radius 3 is 3.09 bits per heavy atom. The van der Waals surface area contributed by atoms with E-state index in [-0.39, 0.29) is 5.96 Å². The first-order chi connectivity index (χ1) is 5.33. The van der Waals surface area contributed by atoms with Crippen LogP contribution in [0.4, 0.5) is 0 Å². The van der Waals surface area contributed by atoms with Gasteiger partial charge in [0.25, 0.3) is 0 Å². The van der Waals surface area contributed by atoms with Crippen LogP contribution < -0.4 is 17.0 Å². The Hall–Kier alpha value is -1.07. The molecule has 0 fully saturated rings. The van der Waals surface area contributed by atoms with Crippen LogP contribution >= 0.6 is 11.3 Å². The van der Waals surface area contributed by atoms with Crippen molar-refractivity contribution in [2.75, 3.05) is 0 Å². The van der Waals surface area contributed by atoms with Gasteiger partial charge < -0.3 is 5.73 Å². The van der Waals surface area contributed by atoms with E-state index in [4.69, 9.17) is 11.6 Å². The number of hydrogen-bond donors (Lipinski definition) is 3. The molecule has 0 aliphatic heterocycles. The lowest BCUT2D eigenvalue weighted by Gasteiger charge is -1.95. The van der Waals surface area contributed by atoms with Gasteiger partial charge in [-0.05, 0) is 11.4 Å². The molecule has 4 nitrogen and oxygen atoms in total. The lowest BCUT2D eigenvalue weighted by molar-refractivity contribution is 0.966. The number of nitrogens with two attached hydrogens (primary N) is 2. The van der Waals surface area contributed by atoms with Gasteiger partial charge in [0.1, 0.15) is 0 Å². The molecule has 0 radical (unpaired) electrons. The summed E-state index contributed by atoms with van der Waals surface area (Å²) in [7, 11) is 0. The van der Waals surface area contributed by atoms with Crippen LogP contribution in [0, 0.1) is 0 Å². The Morgan fingerprint density at radius 2 is 2.55 bits per heavy atom. The van der Waals surface area contributed by atoms with E-state index in [1.54, 1.807) is 11.3 Å². The maximum atomic E-state index is 5.31. The molecule has 0 unspecified atom stereocenters. The smallest absolute Gasteiger partial charge is 0.203 e. The average Bonchev–Trinajstić information content (AvgIpc) is 2.52. The first kappa shape index (κ1) is 8.03. The zero-order valence-electron chi connectivity index (χ0n) is 5.95. The number of thiophene rings is 1. The predicted octanol–water partition coefficient (Wildman–Crippen LogP) is 0.0261. The Bertz CT molecular complexity index is 229. The van der Waals surface area contributed by atoms with Crippen molar-refractivity contribution in [2.45, 2.75) is 6.54 Å². The molecular weight excluding hydrogens is 160 g/mol. The van der Waals surface area contributed by atoms with Gasteiger partial charge in [-0.25, -0.2) is 10.8 Å². The van der Waals surface area contributed by atoms with Crippen molar-refractivity contribution in [1.29, 1.82) is 0 Å². The third kappa shape index (κ3) is 2.57. The normalized spacial score (nSPS) is 11.5. The van der Waals surface area contributed by atoms with E-state index in [0.717, 1.165) is 0 Å². The molecule has 0 spiro atoms. The summed E-state index contributed by atoms with van der Waals surface area (Å²) in [6.45, 7) is 0.591. The third-order valence-corrected chi connectivity index (χ3v) is 1.99. The molecule has 60 valence electrons. The molecule has 0 aromatic carbocycles. The highest BCUT2D eigenvalue weighted by atomic mass is 32.1. The van der Waals surface area contributed by atoms with Gasteiger partial charge in [0.2, 0.25) is 5.96 Å². The van der Waals surface area contributed by atoms with Crippen molar-refractivity contribution < 1.29 is 0 Å². The highest BCUT2D eigenvalue weighted by Gasteiger charge is 1.90. The van der Waals surface area contributed by atoms with E-state index in [1.165, 1.54) is 4.88 Å². The van der Waals surface area contributed by atoms with Gasteiger partial charge in [0.05, 0.1) is 6.54 Å². The zero-order chi connectivity index (χ0) is 8.10. The fraction of sp³-hybridized carbons (Fsp3) is 0.167. The van der Waals surface area contributed by atoms with Crippen LogP contribution in [0.5, 0.6) is 0 Å². The second-order valence-electron chi connectivity index (χ2n) is 1.93. The van der Waals surface area contributed by atoms with Gasteiger partial charge in [-0.15, -0.1) is 11.3 Å². The lowest BCUT2D eigenvalue weighted by atomic mass is 10.5. The van der Waals surface area contributed by atoms with Crippen LogP contribution in [0.15, 0.2) is 22.5 Å². The van der Waals surface area contributed by atoms with Crippen LogP contribution in [0.3, 0.4) is 0 Å². The second kappa shape index (κ2) is 3.95. The van der Waals surface area contributed by atoms with Crippen molar-refractivity contribution in [3.63, 3.8) is 0 Å². The number of nitrogens with zero attached hydrogens (tertiary/aromatic N) is 1. The number of rotatable bonds is 2. The highest BCUT2D eigenvalue weighted by molar-refractivity contribution is 7.09. The minimum absolute atomic E-state index is 0.262. The van der Waals surface area contributed by atoms with Crippen molar-refractivity contribution >= 4 is 17.3 Å². The summed E-state index contributed by atoms with van der Waals surface area (Å²) >= 11 is 1.64. The molecule has 1 heterocycles. The lowest BCUT2D eigenvalue weighted by Crippen LogP contribution is -2.36. The number of hydrogen-bond acceptors (Lipinski definition) is 3. The molecule has 1 aromatic rings. The summed E-state index contributed by atoms with van der Waals surface area (Å²) in [5.74, 6) is 5.27. The number of guanidine groups is 1. The van der Waals surface area contributed by atoms with Crippen LogP contribution in [0.25, 0.3) is 0 Å².